The number of nitrogens with two attached hydrogens (primary N) is 1. The minimum atomic E-state index is 0.179. The van der Waals surface area contributed by atoms with E-state index >= 15 is 0 Å². The summed E-state index contributed by atoms with van der Waals surface area (Å²) in [4.78, 5) is 0. The first kappa shape index (κ1) is 12.1. The largest absolute Gasteiger partial charge is 0.382 e. The summed E-state index contributed by atoms with van der Waals surface area (Å²) in [6, 6.07) is 4.97. The van der Waals surface area contributed by atoms with Crippen molar-refractivity contribution in [3.8, 4) is 11.8 Å². The Kier molecular flexibility index (Phi) is 3.16. The van der Waals surface area contributed by atoms with Gasteiger partial charge in [-0.3, -0.25) is 0 Å². The van der Waals surface area contributed by atoms with Gasteiger partial charge in [-0.2, -0.15) is 10.4 Å². The minimum Gasteiger partial charge on any atom is -0.382 e. The Balaban J connectivity index is 2.69. The van der Waals surface area contributed by atoms with E-state index in [2.05, 4.69) is 5.10 Å². The minimum absolute atomic E-state index is 0.179. The van der Waals surface area contributed by atoms with E-state index < -0.39 is 0 Å². The monoisotopic (exact) mass is 286 g/mol. The lowest BCUT2D eigenvalue weighted by Gasteiger charge is -2.09. The second-order valence-corrected chi connectivity index (χ2v) is 4.44. The molecular formula is C10H5Cl3N4. The Morgan fingerprint density at radius 1 is 1.24 bits per heavy atom. The smallest absolute Gasteiger partial charge is 0.145 e. The molecule has 0 fully saturated rings. The van der Waals surface area contributed by atoms with Crippen LogP contribution in [-0.2, 0) is 0 Å². The van der Waals surface area contributed by atoms with E-state index in [4.69, 9.17) is 45.8 Å². The first-order valence-electron chi connectivity index (χ1n) is 4.43. The SMILES string of the molecule is N#Cc1cnn(-c2c(Cl)cc(Cl)cc2Cl)c1N. The van der Waals surface area contributed by atoms with Crippen LogP contribution < -0.4 is 5.73 Å². The number of hydrogen-bond acceptors (Lipinski definition) is 3. The molecule has 0 bridgehead atoms. The third-order valence-electron chi connectivity index (χ3n) is 2.12. The van der Waals surface area contributed by atoms with Gasteiger partial charge in [0.05, 0.1) is 16.2 Å². The maximum atomic E-state index is 8.79. The van der Waals surface area contributed by atoms with Crippen LogP contribution in [0, 0.1) is 11.3 Å². The van der Waals surface area contributed by atoms with Crippen molar-refractivity contribution in [2.24, 2.45) is 0 Å². The van der Waals surface area contributed by atoms with Gasteiger partial charge in [0.15, 0.2) is 0 Å². The summed E-state index contributed by atoms with van der Waals surface area (Å²) in [5.41, 5.74) is 6.41. The van der Waals surface area contributed by atoms with Crippen molar-refractivity contribution >= 4 is 40.6 Å². The molecule has 0 atom stereocenters. The first-order chi connectivity index (χ1) is 8.04. The average Bonchev–Trinajstić information content (AvgIpc) is 2.59. The van der Waals surface area contributed by atoms with Crippen LogP contribution in [0.15, 0.2) is 18.3 Å². The van der Waals surface area contributed by atoms with E-state index in [0.717, 1.165) is 0 Å². The zero-order chi connectivity index (χ0) is 12.6. The number of nitrogens with zero attached hydrogens (tertiary/aromatic N) is 3. The predicted octanol–water partition coefficient (Wildman–Crippen LogP) is 3.29. The first-order valence-corrected chi connectivity index (χ1v) is 5.56. The Hall–Kier alpha value is -1.41. The van der Waals surface area contributed by atoms with Crippen molar-refractivity contribution in [3.05, 3.63) is 39.0 Å². The summed E-state index contributed by atoms with van der Waals surface area (Å²) in [6.07, 6.45) is 1.34. The molecule has 4 nitrogen and oxygen atoms in total. The Bertz CT molecular complexity index is 604. The molecule has 86 valence electrons. The van der Waals surface area contributed by atoms with Crippen LogP contribution in [-0.4, -0.2) is 9.78 Å². The maximum Gasteiger partial charge on any atom is 0.145 e. The molecule has 7 heteroatoms. The fourth-order valence-electron chi connectivity index (χ4n) is 1.36. The fourth-order valence-corrected chi connectivity index (χ4v) is 2.34. The van der Waals surface area contributed by atoms with Gasteiger partial charge < -0.3 is 5.73 Å². The van der Waals surface area contributed by atoms with Crippen molar-refractivity contribution < 1.29 is 0 Å². The van der Waals surface area contributed by atoms with Crippen molar-refractivity contribution in [1.82, 2.24) is 9.78 Å². The molecule has 2 N–H and O–H groups in total. The predicted molar refractivity (Wildman–Crippen MR) is 67.7 cm³/mol. The summed E-state index contributed by atoms with van der Waals surface area (Å²) >= 11 is 17.9. The molecule has 1 aromatic heterocycles. The zero-order valence-corrected chi connectivity index (χ0v) is 10.6. The van der Waals surface area contributed by atoms with Gasteiger partial charge in [-0.15, -0.1) is 0 Å². The van der Waals surface area contributed by atoms with Gasteiger partial charge in [-0.25, -0.2) is 4.68 Å². The summed E-state index contributed by atoms with van der Waals surface area (Å²) in [7, 11) is 0. The van der Waals surface area contributed by atoms with Crippen molar-refractivity contribution in [3.63, 3.8) is 0 Å². The molecule has 0 aliphatic heterocycles. The molecule has 0 saturated carbocycles. The third kappa shape index (κ3) is 2.05. The van der Waals surface area contributed by atoms with Crippen LogP contribution in [0.5, 0.6) is 0 Å². The molecule has 0 radical (unpaired) electrons. The summed E-state index contributed by atoms with van der Waals surface area (Å²) in [6.45, 7) is 0. The second kappa shape index (κ2) is 4.46. The van der Waals surface area contributed by atoms with Gasteiger partial charge in [0, 0.05) is 5.02 Å². The highest BCUT2D eigenvalue weighted by Crippen LogP contribution is 2.33. The summed E-state index contributed by atoms with van der Waals surface area (Å²) in [5.74, 6) is 0.179. The van der Waals surface area contributed by atoms with Crippen molar-refractivity contribution in [2.75, 3.05) is 5.73 Å². The van der Waals surface area contributed by atoms with Crippen molar-refractivity contribution in [1.29, 1.82) is 5.26 Å². The highest BCUT2D eigenvalue weighted by Gasteiger charge is 2.15. The molecule has 0 spiro atoms. The molecule has 2 aromatic rings. The maximum absolute atomic E-state index is 8.79. The topological polar surface area (TPSA) is 67.6 Å². The molecule has 17 heavy (non-hydrogen) atoms. The molecule has 1 heterocycles. The van der Waals surface area contributed by atoms with E-state index in [1.165, 1.54) is 23.0 Å². The quantitative estimate of drug-likeness (QED) is 0.875. The normalized spacial score (nSPS) is 10.2. The van der Waals surface area contributed by atoms with Gasteiger partial charge in [-0.1, -0.05) is 34.8 Å². The summed E-state index contributed by atoms with van der Waals surface area (Å²) in [5, 5.41) is 13.8. The van der Waals surface area contributed by atoms with Crippen LogP contribution in [0.2, 0.25) is 15.1 Å². The third-order valence-corrected chi connectivity index (χ3v) is 2.91. The summed E-state index contributed by atoms with van der Waals surface area (Å²) < 4.78 is 1.31. The Morgan fingerprint density at radius 2 is 1.82 bits per heavy atom. The van der Waals surface area contributed by atoms with E-state index in [9.17, 15) is 0 Å². The van der Waals surface area contributed by atoms with Crippen LogP contribution in [0.1, 0.15) is 5.56 Å². The standard InChI is InChI=1S/C10H5Cl3N4/c11-6-1-7(12)9(8(13)2-6)17-10(15)5(3-14)4-16-17/h1-2,4H,15H2. The van der Waals surface area contributed by atoms with Crippen LogP contribution in [0.4, 0.5) is 5.82 Å². The lowest BCUT2D eigenvalue weighted by Crippen LogP contribution is -2.04. The molecule has 0 aliphatic carbocycles. The van der Waals surface area contributed by atoms with Gasteiger partial charge >= 0.3 is 0 Å². The number of halogens is 3. The molecule has 2 rings (SSSR count). The molecular weight excluding hydrogens is 282 g/mol. The highest BCUT2D eigenvalue weighted by molar-refractivity contribution is 6.40. The van der Waals surface area contributed by atoms with E-state index in [1.807, 2.05) is 6.07 Å². The Labute approximate surface area is 112 Å². The molecule has 0 aliphatic rings. The van der Waals surface area contributed by atoms with Crippen molar-refractivity contribution in [2.45, 2.75) is 0 Å². The lowest BCUT2D eigenvalue weighted by molar-refractivity contribution is 0.891. The van der Waals surface area contributed by atoms with Crippen LogP contribution in [0.25, 0.3) is 5.69 Å². The van der Waals surface area contributed by atoms with E-state index in [1.54, 1.807) is 0 Å². The average molecular weight is 288 g/mol. The van der Waals surface area contributed by atoms with E-state index in [-0.39, 0.29) is 11.4 Å². The number of rotatable bonds is 1. The zero-order valence-electron chi connectivity index (χ0n) is 8.28. The second-order valence-electron chi connectivity index (χ2n) is 3.19. The number of benzene rings is 1. The number of aromatic nitrogens is 2. The number of anilines is 1. The van der Waals surface area contributed by atoms with E-state index in [0.29, 0.717) is 20.8 Å². The van der Waals surface area contributed by atoms with Gasteiger partial charge in [0.1, 0.15) is 23.1 Å². The van der Waals surface area contributed by atoms with Gasteiger partial charge in [0.2, 0.25) is 0 Å². The van der Waals surface area contributed by atoms with Gasteiger partial charge in [0.25, 0.3) is 0 Å². The number of nitrogen functional groups attached to an aromatic ring is 1. The highest BCUT2D eigenvalue weighted by atomic mass is 35.5. The fraction of sp³-hybridized carbons (Fsp3) is 0. The molecule has 1 aromatic carbocycles. The number of nitriles is 1. The van der Waals surface area contributed by atoms with Crippen LogP contribution in [0.3, 0.4) is 0 Å². The number of hydrogen-bond donors (Lipinski definition) is 1. The Morgan fingerprint density at radius 3 is 2.29 bits per heavy atom. The lowest BCUT2D eigenvalue weighted by atomic mass is 10.3. The van der Waals surface area contributed by atoms with Crippen LogP contribution >= 0.6 is 34.8 Å². The van der Waals surface area contributed by atoms with Gasteiger partial charge in [-0.05, 0) is 12.1 Å². The molecule has 0 amide bonds. The molecule has 0 unspecified atom stereocenters. The molecule has 0 saturated heterocycles.